The zero-order chi connectivity index (χ0) is 23.8. The second kappa shape index (κ2) is 8.64. The predicted octanol–water partition coefficient (Wildman–Crippen LogP) is 4.62. The van der Waals surface area contributed by atoms with Gasteiger partial charge in [-0.25, -0.2) is 18.5 Å². The summed E-state index contributed by atoms with van der Waals surface area (Å²) in [6, 6.07) is 10.1. The van der Waals surface area contributed by atoms with Crippen molar-refractivity contribution in [3.05, 3.63) is 70.2 Å². The van der Waals surface area contributed by atoms with Gasteiger partial charge in [-0.2, -0.15) is 13.2 Å². The fraction of sp³-hybridized carbons (Fsp3) is 0.238. The molecule has 3 aromatic rings. The molecule has 6 nitrogen and oxygen atoms in total. The first-order chi connectivity index (χ1) is 14.8. The summed E-state index contributed by atoms with van der Waals surface area (Å²) >= 11 is 1.08. The zero-order valence-corrected chi connectivity index (χ0v) is 19.0. The van der Waals surface area contributed by atoms with Gasteiger partial charge >= 0.3 is 6.18 Å². The number of nitrogens with two attached hydrogens (primary N) is 1. The highest BCUT2D eigenvalue weighted by Gasteiger charge is 2.30. The number of hydrogen-bond acceptors (Lipinski definition) is 5. The molecule has 2 aromatic carbocycles. The molecule has 1 unspecified atom stereocenters. The number of carbonyl (C=O) groups is 1. The van der Waals surface area contributed by atoms with Gasteiger partial charge in [0.1, 0.15) is 9.88 Å². The number of primary sulfonamides is 1. The second-order valence-corrected chi connectivity index (χ2v) is 9.78. The zero-order valence-electron chi connectivity index (χ0n) is 17.3. The van der Waals surface area contributed by atoms with Crippen molar-refractivity contribution >= 4 is 27.3 Å². The Morgan fingerprint density at radius 3 is 2.34 bits per heavy atom. The summed E-state index contributed by atoms with van der Waals surface area (Å²) < 4.78 is 61.6. The molecule has 1 aromatic heterocycles. The van der Waals surface area contributed by atoms with Crippen molar-refractivity contribution in [2.45, 2.75) is 31.0 Å². The number of thiazole rings is 1. The Morgan fingerprint density at radius 1 is 1.16 bits per heavy atom. The highest BCUT2D eigenvalue weighted by molar-refractivity contribution is 7.89. The first-order valence-electron chi connectivity index (χ1n) is 9.34. The Balaban J connectivity index is 1.86. The van der Waals surface area contributed by atoms with Crippen LogP contribution in [0.5, 0.6) is 0 Å². The molecule has 0 aliphatic rings. The van der Waals surface area contributed by atoms with Crippen LogP contribution in [0.15, 0.2) is 53.4 Å². The third-order valence-electron chi connectivity index (χ3n) is 5.02. The van der Waals surface area contributed by atoms with E-state index in [4.69, 9.17) is 5.14 Å². The highest BCUT2D eigenvalue weighted by atomic mass is 32.2. The molecule has 0 fully saturated rings. The van der Waals surface area contributed by atoms with Crippen molar-refractivity contribution in [3.8, 4) is 10.6 Å². The minimum absolute atomic E-state index is 0.0544. The number of halogens is 3. The molecule has 0 saturated heterocycles. The van der Waals surface area contributed by atoms with Crippen LogP contribution in [-0.4, -0.2) is 31.3 Å². The van der Waals surface area contributed by atoms with E-state index in [1.54, 1.807) is 33.0 Å². The van der Waals surface area contributed by atoms with Gasteiger partial charge in [0.15, 0.2) is 0 Å². The largest absolute Gasteiger partial charge is 0.416 e. The van der Waals surface area contributed by atoms with Crippen molar-refractivity contribution in [2.24, 2.45) is 5.14 Å². The highest BCUT2D eigenvalue weighted by Crippen LogP contribution is 2.34. The molecule has 2 N–H and O–H groups in total. The number of rotatable bonds is 5. The van der Waals surface area contributed by atoms with E-state index in [0.717, 1.165) is 23.5 Å². The van der Waals surface area contributed by atoms with Crippen LogP contribution in [-0.2, 0) is 16.2 Å². The van der Waals surface area contributed by atoms with E-state index in [1.165, 1.54) is 29.2 Å². The maximum Gasteiger partial charge on any atom is 0.416 e. The average molecular weight is 484 g/mol. The molecular formula is C21H20F3N3O3S2. The Bertz CT molecular complexity index is 1250. The number of sulfonamides is 1. The molecule has 0 spiro atoms. The maximum atomic E-state index is 13.1. The third kappa shape index (κ3) is 5.00. The number of amides is 1. The molecule has 0 saturated carbocycles. The molecule has 11 heteroatoms. The Kier molecular flexibility index (Phi) is 6.45. The number of aryl methyl sites for hydroxylation is 1. The van der Waals surface area contributed by atoms with Crippen LogP contribution in [0.4, 0.5) is 13.2 Å². The quantitative estimate of drug-likeness (QED) is 0.573. The molecule has 0 aliphatic heterocycles. The number of benzene rings is 2. The molecule has 1 heterocycles. The van der Waals surface area contributed by atoms with Gasteiger partial charge in [-0.3, -0.25) is 4.79 Å². The van der Waals surface area contributed by atoms with Crippen molar-refractivity contribution in [3.63, 3.8) is 0 Å². The van der Waals surface area contributed by atoms with Crippen LogP contribution >= 0.6 is 11.3 Å². The monoisotopic (exact) mass is 483 g/mol. The van der Waals surface area contributed by atoms with E-state index in [1.807, 2.05) is 0 Å². The molecule has 170 valence electrons. The first-order valence-corrected chi connectivity index (χ1v) is 11.7. The summed E-state index contributed by atoms with van der Waals surface area (Å²) in [6.45, 7) is 3.39. The molecule has 3 rings (SSSR count). The van der Waals surface area contributed by atoms with E-state index in [-0.39, 0.29) is 10.8 Å². The Hall–Kier alpha value is -2.76. The lowest BCUT2D eigenvalue weighted by Gasteiger charge is -2.25. The van der Waals surface area contributed by atoms with Gasteiger partial charge in [-0.15, -0.1) is 11.3 Å². The molecule has 32 heavy (non-hydrogen) atoms. The van der Waals surface area contributed by atoms with E-state index < -0.39 is 27.8 Å². The lowest BCUT2D eigenvalue weighted by Crippen LogP contribution is -2.29. The van der Waals surface area contributed by atoms with Crippen molar-refractivity contribution in [1.82, 2.24) is 9.88 Å². The molecule has 0 aliphatic carbocycles. The summed E-state index contributed by atoms with van der Waals surface area (Å²) in [5, 5.41) is 5.61. The van der Waals surface area contributed by atoms with Gasteiger partial charge in [0.25, 0.3) is 5.91 Å². The van der Waals surface area contributed by atoms with Crippen LogP contribution < -0.4 is 5.14 Å². The predicted molar refractivity (Wildman–Crippen MR) is 116 cm³/mol. The number of hydrogen-bond donors (Lipinski definition) is 1. The smallest absolute Gasteiger partial charge is 0.334 e. The summed E-state index contributed by atoms with van der Waals surface area (Å²) in [6.07, 6.45) is -4.43. The SMILES string of the molecule is Cc1nc(-c2ccc(C(F)(F)F)cc2)sc1C(=O)N(C)C(C)c1cccc(S(N)(=O)=O)c1. The fourth-order valence-corrected chi connectivity index (χ4v) is 4.65. The molecular weight excluding hydrogens is 463 g/mol. The first kappa shape index (κ1) is 23.9. The van der Waals surface area contributed by atoms with Gasteiger partial charge in [0.05, 0.1) is 22.2 Å². The fourth-order valence-electron chi connectivity index (χ4n) is 3.03. The van der Waals surface area contributed by atoms with Crippen molar-refractivity contribution < 1.29 is 26.4 Å². The summed E-state index contributed by atoms with van der Waals surface area (Å²) in [7, 11) is -2.31. The van der Waals surface area contributed by atoms with Crippen molar-refractivity contribution in [1.29, 1.82) is 0 Å². The van der Waals surface area contributed by atoms with Crippen LogP contribution in [0.3, 0.4) is 0 Å². The van der Waals surface area contributed by atoms with E-state index in [0.29, 0.717) is 26.7 Å². The van der Waals surface area contributed by atoms with E-state index >= 15 is 0 Å². The van der Waals surface area contributed by atoms with Crippen LogP contribution in [0.1, 0.15) is 39.5 Å². The Labute approximate surface area is 187 Å². The second-order valence-electron chi connectivity index (χ2n) is 7.22. The topological polar surface area (TPSA) is 93.4 Å². The minimum atomic E-state index is -4.43. The Morgan fingerprint density at radius 2 is 1.78 bits per heavy atom. The van der Waals surface area contributed by atoms with Gasteiger partial charge in [-0.1, -0.05) is 24.3 Å². The van der Waals surface area contributed by atoms with Crippen LogP contribution in [0.2, 0.25) is 0 Å². The summed E-state index contributed by atoms with van der Waals surface area (Å²) in [5.74, 6) is -0.341. The third-order valence-corrected chi connectivity index (χ3v) is 7.13. The number of nitrogens with zero attached hydrogens (tertiary/aromatic N) is 2. The molecule has 0 radical (unpaired) electrons. The minimum Gasteiger partial charge on any atom is -0.334 e. The lowest BCUT2D eigenvalue weighted by atomic mass is 10.1. The molecule has 0 bridgehead atoms. The van der Waals surface area contributed by atoms with Gasteiger partial charge < -0.3 is 4.90 Å². The number of aromatic nitrogens is 1. The lowest BCUT2D eigenvalue weighted by molar-refractivity contribution is -0.137. The molecule has 1 amide bonds. The van der Waals surface area contributed by atoms with Crippen LogP contribution in [0.25, 0.3) is 10.6 Å². The number of carbonyl (C=O) groups excluding carboxylic acids is 1. The standard InChI is InChI=1S/C21H20F3N3O3S2/c1-12-18(31-19(26-12)14-7-9-16(10-8-14)21(22,23)24)20(28)27(3)13(2)15-5-4-6-17(11-15)32(25,29)30/h4-11,13H,1-3H3,(H2,25,29,30). The number of alkyl halides is 3. The van der Waals surface area contributed by atoms with Crippen LogP contribution in [0, 0.1) is 6.92 Å². The van der Waals surface area contributed by atoms with Gasteiger partial charge in [0.2, 0.25) is 10.0 Å². The van der Waals surface area contributed by atoms with E-state index in [9.17, 15) is 26.4 Å². The van der Waals surface area contributed by atoms with Crippen molar-refractivity contribution in [2.75, 3.05) is 7.05 Å². The summed E-state index contributed by atoms with van der Waals surface area (Å²) in [4.78, 5) is 19.2. The van der Waals surface area contributed by atoms with E-state index in [2.05, 4.69) is 4.98 Å². The summed E-state index contributed by atoms with van der Waals surface area (Å²) in [5.41, 5.74) is 0.743. The van der Waals surface area contributed by atoms with Gasteiger partial charge in [-0.05, 0) is 43.7 Å². The van der Waals surface area contributed by atoms with Gasteiger partial charge in [0, 0.05) is 12.6 Å². The molecule has 1 atom stereocenters. The normalized spacial score (nSPS) is 13.1. The maximum absolute atomic E-state index is 13.1. The average Bonchev–Trinajstić information content (AvgIpc) is 3.12.